The molecule has 0 saturated carbocycles. The first-order valence-corrected chi connectivity index (χ1v) is 13.5. The van der Waals surface area contributed by atoms with Gasteiger partial charge in [-0.15, -0.1) is 0 Å². The van der Waals surface area contributed by atoms with Crippen LogP contribution in [0.15, 0.2) is 42.5 Å². The number of piperidine rings is 1. The number of rotatable bonds is 8. The molecule has 2 saturated heterocycles. The molecule has 4 rings (SSSR count). The van der Waals surface area contributed by atoms with Crippen LogP contribution in [0.5, 0.6) is 11.5 Å². The molecule has 2 amide bonds. The fraction of sp³-hybridized carbons (Fsp3) is 0.417. The highest BCUT2D eigenvalue weighted by atomic mass is 35.5. The van der Waals surface area contributed by atoms with Crippen LogP contribution < -0.4 is 14.2 Å². The lowest BCUT2D eigenvalue weighted by molar-refractivity contribution is -0.139. The van der Waals surface area contributed by atoms with Gasteiger partial charge < -0.3 is 14.4 Å². The summed E-state index contributed by atoms with van der Waals surface area (Å²) in [5.74, 6) is -0.327. The maximum atomic E-state index is 13.1. The van der Waals surface area contributed by atoms with Gasteiger partial charge in [-0.2, -0.15) is 0 Å². The number of fused-ring (bicyclic) bond motifs is 2. The molecule has 2 fully saturated rings. The number of benzene rings is 2. The summed E-state index contributed by atoms with van der Waals surface area (Å²) in [6.07, 6.45) is 3.67. The number of hydrogen-bond donors (Lipinski definition) is 1. The Hall–Kier alpha value is -2.85. The minimum atomic E-state index is -3.70. The zero-order valence-electron chi connectivity index (χ0n) is 19.1. The van der Waals surface area contributed by atoms with E-state index in [0.29, 0.717) is 29.2 Å². The lowest BCUT2D eigenvalue weighted by Gasteiger charge is -2.38. The molecule has 0 spiro atoms. The van der Waals surface area contributed by atoms with Gasteiger partial charge in [-0.25, -0.2) is 12.8 Å². The molecule has 1 N–H and O–H groups in total. The summed E-state index contributed by atoms with van der Waals surface area (Å²) in [4.78, 5) is 27.0. The van der Waals surface area contributed by atoms with Crippen LogP contribution in [-0.2, 0) is 26.0 Å². The van der Waals surface area contributed by atoms with E-state index in [4.69, 9.17) is 21.1 Å². The Bertz CT molecular complexity index is 1190. The second-order valence-electron chi connectivity index (χ2n) is 8.87. The summed E-state index contributed by atoms with van der Waals surface area (Å²) < 4.78 is 49.5. The smallest absolute Gasteiger partial charge is 0.261 e. The summed E-state index contributed by atoms with van der Waals surface area (Å²) in [5, 5.41) is 0.354. The molecule has 2 aromatic carbocycles. The Morgan fingerprint density at radius 1 is 1.11 bits per heavy atom. The number of halogens is 2. The highest BCUT2D eigenvalue weighted by Gasteiger charge is 2.44. The fourth-order valence-electron chi connectivity index (χ4n) is 4.79. The minimum absolute atomic E-state index is 0.0283. The molecule has 0 aliphatic carbocycles. The van der Waals surface area contributed by atoms with Crippen molar-refractivity contribution in [3.63, 3.8) is 0 Å². The molecule has 3 atom stereocenters. The lowest BCUT2D eigenvalue weighted by atomic mass is 9.99. The van der Waals surface area contributed by atoms with Gasteiger partial charge in [0.05, 0.1) is 12.7 Å². The third-order valence-corrected chi connectivity index (χ3v) is 6.95. The average molecular weight is 525 g/mol. The second-order valence-corrected chi connectivity index (χ2v) is 11.1. The molecule has 2 aliphatic heterocycles. The summed E-state index contributed by atoms with van der Waals surface area (Å²) in [7, 11) is -3.70. The van der Waals surface area contributed by atoms with E-state index in [0.717, 1.165) is 19.1 Å². The van der Waals surface area contributed by atoms with E-state index < -0.39 is 15.9 Å². The van der Waals surface area contributed by atoms with Crippen molar-refractivity contribution < 1.29 is 31.9 Å². The molecule has 188 valence electrons. The van der Waals surface area contributed by atoms with Crippen LogP contribution in [0, 0.1) is 5.82 Å². The van der Waals surface area contributed by atoms with Crippen molar-refractivity contribution in [3.05, 3.63) is 58.9 Å². The Morgan fingerprint density at radius 3 is 2.40 bits per heavy atom. The third kappa shape index (κ3) is 6.64. The van der Waals surface area contributed by atoms with Crippen LogP contribution in [0.1, 0.15) is 31.2 Å². The number of nitrogens with one attached hydrogen (secondary N) is 1. The quantitative estimate of drug-likeness (QED) is 0.569. The van der Waals surface area contributed by atoms with E-state index in [2.05, 4.69) is 0 Å². The van der Waals surface area contributed by atoms with E-state index in [-0.39, 0.29) is 48.7 Å². The molecular weight excluding hydrogens is 499 g/mol. The highest BCUT2D eigenvalue weighted by molar-refractivity contribution is 7.89. The van der Waals surface area contributed by atoms with Crippen molar-refractivity contribution in [1.82, 2.24) is 9.62 Å². The van der Waals surface area contributed by atoms with E-state index in [1.807, 2.05) is 9.62 Å². The standard InChI is InChI=1S/C24H26ClFN2O6S/c1-35(31,32)27-23(29)11-15-10-16(25)2-9-22(15)33-14-24(30)28-18-5-6-19(28)13-21(12-18)34-20-7-3-17(26)4-8-20/h2-4,7-10,18-19,21H,5-6,11-14H2,1H3,(H,27,29)/t18-,19+,21?. The van der Waals surface area contributed by atoms with Gasteiger partial charge in [-0.1, -0.05) is 11.6 Å². The molecule has 0 aromatic heterocycles. The summed E-state index contributed by atoms with van der Waals surface area (Å²) in [5.41, 5.74) is 0.376. The minimum Gasteiger partial charge on any atom is -0.490 e. The number of ether oxygens (including phenoxy) is 2. The number of amides is 2. The van der Waals surface area contributed by atoms with Crippen LogP contribution >= 0.6 is 11.6 Å². The largest absolute Gasteiger partial charge is 0.490 e. The first-order chi connectivity index (χ1) is 16.6. The van der Waals surface area contributed by atoms with Crippen molar-refractivity contribution >= 4 is 33.4 Å². The molecule has 1 unspecified atom stereocenters. The second kappa shape index (κ2) is 10.4. The number of nitrogens with zero attached hydrogens (tertiary/aromatic N) is 1. The van der Waals surface area contributed by atoms with Gasteiger partial charge in [0.15, 0.2) is 6.61 Å². The summed E-state index contributed by atoms with van der Waals surface area (Å²) in [6.45, 7) is -0.223. The van der Waals surface area contributed by atoms with Gasteiger partial charge in [0.2, 0.25) is 15.9 Å². The first-order valence-electron chi connectivity index (χ1n) is 11.2. The van der Waals surface area contributed by atoms with Crippen molar-refractivity contribution in [2.24, 2.45) is 0 Å². The Kier molecular flexibility index (Phi) is 7.51. The lowest BCUT2D eigenvalue weighted by Crippen LogP contribution is -2.50. The Labute approximate surface area is 208 Å². The maximum Gasteiger partial charge on any atom is 0.261 e. The van der Waals surface area contributed by atoms with Crippen molar-refractivity contribution in [2.75, 3.05) is 12.9 Å². The highest BCUT2D eigenvalue weighted by Crippen LogP contribution is 2.37. The SMILES string of the molecule is CS(=O)(=O)NC(=O)Cc1cc(Cl)ccc1OCC(=O)N1[C@@H]2CC[C@H]1CC(Oc1ccc(F)cc1)C2. The van der Waals surface area contributed by atoms with Crippen LogP contribution in [0.3, 0.4) is 0 Å². The van der Waals surface area contributed by atoms with Crippen molar-refractivity contribution in [1.29, 1.82) is 0 Å². The van der Waals surface area contributed by atoms with Crippen LogP contribution in [0.4, 0.5) is 4.39 Å². The zero-order chi connectivity index (χ0) is 25.2. The predicted octanol–water partition coefficient (Wildman–Crippen LogP) is 3.08. The van der Waals surface area contributed by atoms with Crippen LogP contribution in [0.2, 0.25) is 5.02 Å². The summed E-state index contributed by atoms with van der Waals surface area (Å²) >= 11 is 6.03. The normalized spacial score (nSPS) is 21.5. The molecule has 35 heavy (non-hydrogen) atoms. The van der Waals surface area contributed by atoms with E-state index >= 15 is 0 Å². The topological polar surface area (TPSA) is 102 Å². The van der Waals surface area contributed by atoms with Gasteiger partial charge in [0.1, 0.15) is 23.4 Å². The monoisotopic (exact) mass is 524 g/mol. The first kappa shape index (κ1) is 25.2. The van der Waals surface area contributed by atoms with Gasteiger partial charge in [0, 0.05) is 35.5 Å². The zero-order valence-corrected chi connectivity index (χ0v) is 20.6. The molecule has 2 aliphatic rings. The number of sulfonamides is 1. The Balaban J connectivity index is 1.36. The van der Waals surface area contributed by atoms with Gasteiger partial charge in [0.25, 0.3) is 5.91 Å². The summed E-state index contributed by atoms with van der Waals surface area (Å²) in [6, 6.07) is 10.6. The molecular formula is C24H26ClFN2O6S. The molecule has 2 aromatic rings. The van der Waals surface area contributed by atoms with Gasteiger partial charge in [-0.3, -0.25) is 14.3 Å². The van der Waals surface area contributed by atoms with E-state index in [1.54, 1.807) is 24.3 Å². The van der Waals surface area contributed by atoms with Crippen LogP contribution in [-0.4, -0.2) is 56.2 Å². The van der Waals surface area contributed by atoms with Crippen LogP contribution in [0.25, 0.3) is 0 Å². The Morgan fingerprint density at radius 2 is 1.77 bits per heavy atom. The molecule has 2 heterocycles. The van der Waals surface area contributed by atoms with Gasteiger partial charge in [-0.05, 0) is 55.3 Å². The van der Waals surface area contributed by atoms with E-state index in [1.165, 1.54) is 18.2 Å². The molecule has 8 nitrogen and oxygen atoms in total. The molecule has 11 heteroatoms. The molecule has 2 bridgehead atoms. The average Bonchev–Trinajstić information content (AvgIpc) is 3.04. The predicted molar refractivity (Wildman–Crippen MR) is 127 cm³/mol. The molecule has 0 radical (unpaired) electrons. The number of carbonyl (C=O) groups is 2. The number of hydrogen-bond acceptors (Lipinski definition) is 6. The van der Waals surface area contributed by atoms with Crippen molar-refractivity contribution in [2.45, 2.75) is 50.3 Å². The maximum absolute atomic E-state index is 13.1. The number of carbonyl (C=O) groups excluding carboxylic acids is 2. The van der Waals surface area contributed by atoms with E-state index in [9.17, 15) is 22.4 Å². The van der Waals surface area contributed by atoms with Gasteiger partial charge >= 0.3 is 0 Å². The fourth-order valence-corrected chi connectivity index (χ4v) is 5.47. The third-order valence-electron chi connectivity index (χ3n) is 6.12. The van der Waals surface area contributed by atoms with Crippen molar-refractivity contribution in [3.8, 4) is 11.5 Å².